The molecule has 0 radical (unpaired) electrons. The predicted octanol–water partition coefficient (Wildman–Crippen LogP) is 5.79. The SMILES string of the molecule is COCCCN1C(=O)C(=O)/C(=C(/O)c2ccc(OCC(C)C)c(C)c2)C1c1ccc(C(C)(C)C)cc1. The van der Waals surface area contributed by atoms with Gasteiger partial charge in [-0.25, -0.2) is 0 Å². The van der Waals surface area contributed by atoms with Crippen LogP contribution >= 0.6 is 0 Å². The summed E-state index contributed by atoms with van der Waals surface area (Å²) >= 11 is 0. The van der Waals surface area contributed by atoms with Crippen LogP contribution in [0, 0.1) is 12.8 Å². The number of hydrogen-bond acceptors (Lipinski definition) is 5. The zero-order valence-electron chi connectivity index (χ0n) is 22.6. The Morgan fingerprint density at radius 3 is 2.31 bits per heavy atom. The highest BCUT2D eigenvalue weighted by molar-refractivity contribution is 6.46. The van der Waals surface area contributed by atoms with Crippen molar-refractivity contribution in [2.75, 3.05) is 26.9 Å². The van der Waals surface area contributed by atoms with Crippen molar-refractivity contribution in [1.29, 1.82) is 0 Å². The van der Waals surface area contributed by atoms with Crippen molar-refractivity contribution in [2.24, 2.45) is 5.92 Å². The minimum Gasteiger partial charge on any atom is -0.507 e. The first-order valence-corrected chi connectivity index (χ1v) is 12.6. The average molecular weight is 494 g/mol. The number of benzene rings is 2. The Hall–Kier alpha value is -3.12. The number of amides is 1. The van der Waals surface area contributed by atoms with Crippen molar-refractivity contribution in [3.8, 4) is 5.75 Å². The fourth-order valence-corrected chi connectivity index (χ4v) is 4.37. The molecular formula is C30H39NO5. The second-order valence-corrected chi connectivity index (χ2v) is 10.9. The summed E-state index contributed by atoms with van der Waals surface area (Å²) in [4.78, 5) is 27.9. The molecule has 1 heterocycles. The molecule has 1 N–H and O–H groups in total. The second kappa shape index (κ2) is 11.3. The third kappa shape index (κ3) is 5.98. The quantitative estimate of drug-likeness (QED) is 0.207. The summed E-state index contributed by atoms with van der Waals surface area (Å²) in [6, 6.07) is 12.6. The Morgan fingerprint density at radius 2 is 1.75 bits per heavy atom. The van der Waals surface area contributed by atoms with Crippen molar-refractivity contribution in [3.63, 3.8) is 0 Å². The molecule has 2 aromatic rings. The van der Waals surface area contributed by atoms with E-state index in [1.807, 2.05) is 31.2 Å². The van der Waals surface area contributed by atoms with E-state index >= 15 is 0 Å². The molecule has 2 aromatic carbocycles. The van der Waals surface area contributed by atoms with Crippen LogP contribution in [0.3, 0.4) is 0 Å². The molecule has 0 bridgehead atoms. The van der Waals surface area contributed by atoms with E-state index in [-0.39, 0.29) is 16.7 Å². The summed E-state index contributed by atoms with van der Waals surface area (Å²) in [5.41, 5.74) is 3.34. The number of ether oxygens (including phenoxy) is 2. The number of aryl methyl sites for hydroxylation is 1. The molecule has 1 aliphatic rings. The Kier molecular flexibility index (Phi) is 8.62. The molecule has 1 fully saturated rings. The van der Waals surface area contributed by atoms with Gasteiger partial charge in [0.1, 0.15) is 11.5 Å². The van der Waals surface area contributed by atoms with E-state index in [9.17, 15) is 14.7 Å². The number of likely N-dealkylation sites (tertiary alicyclic amines) is 1. The van der Waals surface area contributed by atoms with E-state index < -0.39 is 17.7 Å². The Morgan fingerprint density at radius 1 is 1.08 bits per heavy atom. The fourth-order valence-electron chi connectivity index (χ4n) is 4.37. The average Bonchev–Trinajstić information content (AvgIpc) is 3.07. The van der Waals surface area contributed by atoms with Crippen molar-refractivity contribution in [1.82, 2.24) is 4.90 Å². The monoisotopic (exact) mass is 493 g/mol. The zero-order chi connectivity index (χ0) is 26.6. The smallest absolute Gasteiger partial charge is 0.295 e. The largest absolute Gasteiger partial charge is 0.507 e. The first-order chi connectivity index (χ1) is 17.0. The van der Waals surface area contributed by atoms with Gasteiger partial charge in [-0.15, -0.1) is 0 Å². The maximum absolute atomic E-state index is 13.2. The van der Waals surface area contributed by atoms with Crippen molar-refractivity contribution < 1.29 is 24.2 Å². The van der Waals surface area contributed by atoms with Gasteiger partial charge in [-0.2, -0.15) is 0 Å². The molecule has 0 saturated carbocycles. The summed E-state index contributed by atoms with van der Waals surface area (Å²) in [7, 11) is 1.60. The first kappa shape index (κ1) is 27.5. The maximum Gasteiger partial charge on any atom is 0.295 e. The normalized spacial score (nSPS) is 17.8. The minimum atomic E-state index is -0.674. The topological polar surface area (TPSA) is 76.1 Å². The minimum absolute atomic E-state index is 0.0320. The van der Waals surface area contributed by atoms with Crippen LogP contribution in [0.4, 0.5) is 0 Å². The molecule has 1 amide bonds. The number of carbonyl (C=O) groups is 2. The van der Waals surface area contributed by atoms with Gasteiger partial charge in [0.05, 0.1) is 18.2 Å². The maximum atomic E-state index is 13.2. The lowest BCUT2D eigenvalue weighted by Crippen LogP contribution is -2.31. The number of rotatable bonds is 9. The number of nitrogens with zero attached hydrogens (tertiary/aromatic N) is 1. The number of ketones is 1. The number of aliphatic hydroxyl groups excluding tert-OH is 1. The number of Topliss-reactive ketones (excluding diaryl/α,β-unsaturated/α-hetero) is 1. The van der Waals surface area contributed by atoms with Crippen molar-refractivity contribution in [2.45, 2.75) is 59.4 Å². The molecule has 6 nitrogen and oxygen atoms in total. The van der Waals surface area contributed by atoms with Gasteiger partial charge in [0.25, 0.3) is 11.7 Å². The Bertz CT molecular complexity index is 1130. The van der Waals surface area contributed by atoms with Gasteiger partial charge in [-0.05, 0) is 59.6 Å². The number of hydrogen-bond donors (Lipinski definition) is 1. The van der Waals surface area contributed by atoms with E-state index in [2.05, 4.69) is 34.6 Å². The van der Waals surface area contributed by atoms with Crippen LogP contribution in [0.2, 0.25) is 0 Å². The highest BCUT2D eigenvalue weighted by Crippen LogP contribution is 2.40. The molecule has 6 heteroatoms. The molecule has 0 aromatic heterocycles. The van der Waals surface area contributed by atoms with Gasteiger partial charge in [0.15, 0.2) is 0 Å². The summed E-state index contributed by atoms with van der Waals surface area (Å²) in [5.74, 6) is -0.337. The molecule has 0 spiro atoms. The molecule has 36 heavy (non-hydrogen) atoms. The Balaban J connectivity index is 2.07. The van der Waals surface area contributed by atoms with Gasteiger partial charge >= 0.3 is 0 Å². The molecule has 1 atom stereocenters. The van der Waals surface area contributed by atoms with Crippen LogP contribution < -0.4 is 4.74 Å². The van der Waals surface area contributed by atoms with Gasteiger partial charge in [-0.1, -0.05) is 58.9 Å². The van der Waals surface area contributed by atoms with E-state index in [1.54, 1.807) is 30.2 Å². The third-order valence-corrected chi connectivity index (χ3v) is 6.40. The highest BCUT2D eigenvalue weighted by atomic mass is 16.5. The number of carbonyl (C=O) groups excluding carboxylic acids is 2. The molecular weight excluding hydrogens is 454 g/mol. The van der Waals surface area contributed by atoms with E-state index in [0.29, 0.717) is 37.7 Å². The number of methoxy groups -OCH3 is 1. The second-order valence-electron chi connectivity index (χ2n) is 10.9. The van der Waals surface area contributed by atoms with E-state index in [1.165, 1.54) is 0 Å². The molecule has 1 unspecified atom stereocenters. The van der Waals surface area contributed by atoms with Crippen LogP contribution in [0.1, 0.15) is 69.3 Å². The molecule has 1 aliphatic heterocycles. The summed E-state index contributed by atoms with van der Waals surface area (Å²) in [6.45, 7) is 13.9. The van der Waals surface area contributed by atoms with Crippen molar-refractivity contribution in [3.05, 3.63) is 70.3 Å². The van der Waals surface area contributed by atoms with Gasteiger partial charge < -0.3 is 19.5 Å². The molecule has 0 aliphatic carbocycles. The van der Waals surface area contributed by atoms with E-state index in [0.717, 1.165) is 22.4 Å². The third-order valence-electron chi connectivity index (χ3n) is 6.40. The van der Waals surface area contributed by atoms with Crippen LogP contribution in [0.5, 0.6) is 5.75 Å². The standard InChI is InChI=1S/C30H39NO5/c1-19(2)18-36-24-14-11-22(17-20(24)3)27(32)25-26(21-9-12-23(13-10-21)30(4,5)6)31(15-8-16-35-7)29(34)28(25)33/h9-14,17,19,26,32H,8,15-16,18H2,1-7H3/b27-25+. The highest BCUT2D eigenvalue weighted by Gasteiger charge is 2.45. The molecule has 1 saturated heterocycles. The predicted molar refractivity (Wildman–Crippen MR) is 142 cm³/mol. The molecule has 3 rings (SSSR count). The summed E-state index contributed by atoms with van der Waals surface area (Å²) < 4.78 is 11.0. The first-order valence-electron chi connectivity index (χ1n) is 12.6. The fraction of sp³-hybridized carbons (Fsp3) is 0.467. The van der Waals surface area contributed by atoms with Crippen LogP contribution in [-0.2, 0) is 19.7 Å². The van der Waals surface area contributed by atoms with Crippen LogP contribution in [-0.4, -0.2) is 48.6 Å². The van der Waals surface area contributed by atoms with Gasteiger partial charge in [-0.3, -0.25) is 9.59 Å². The zero-order valence-corrected chi connectivity index (χ0v) is 22.6. The van der Waals surface area contributed by atoms with E-state index in [4.69, 9.17) is 9.47 Å². The van der Waals surface area contributed by atoms with Crippen LogP contribution in [0.15, 0.2) is 48.0 Å². The lowest BCUT2D eigenvalue weighted by molar-refractivity contribution is -0.140. The van der Waals surface area contributed by atoms with Crippen molar-refractivity contribution >= 4 is 17.4 Å². The van der Waals surface area contributed by atoms with Gasteiger partial charge in [0, 0.05) is 25.8 Å². The number of aliphatic hydroxyl groups is 1. The summed E-state index contributed by atoms with van der Waals surface area (Å²) in [6.07, 6.45) is 0.584. The summed E-state index contributed by atoms with van der Waals surface area (Å²) in [5, 5.41) is 11.4. The lowest BCUT2D eigenvalue weighted by atomic mass is 9.85. The Labute approximate surface area is 214 Å². The van der Waals surface area contributed by atoms with Crippen LogP contribution in [0.25, 0.3) is 5.76 Å². The lowest BCUT2D eigenvalue weighted by Gasteiger charge is -2.26. The van der Waals surface area contributed by atoms with Gasteiger partial charge in [0.2, 0.25) is 0 Å². The molecule has 194 valence electrons.